The molecule has 0 radical (unpaired) electrons. The monoisotopic (exact) mass is 232 g/mol. The van der Waals surface area contributed by atoms with Crippen molar-refractivity contribution in [2.24, 2.45) is 5.92 Å². The van der Waals surface area contributed by atoms with Crippen LogP contribution in [0.1, 0.15) is 25.7 Å². The van der Waals surface area contributed by atoms with Crippen LogP contribution in [0.4, 0.5) is 8.78 Å². The maximum absolute atomic E-state index is 12.9. The lowest BCUT2D eigenvalue weighted by Gasteiger charge is -2.35. The van der Waals surface area contributed by atoms with Gasteiger partial charge < -0.3 is 10.2 Å². The molecule has 3 nitrogen and oxygen atoms in total. The summed E-state index contributed by atoms with van der Waals surface area (Å²) in [7, 11) is 0. The smallest absolute Gasteiger partial charge is 0.251 e. The highest BCUT2D eigenvalue weighted by atomic mass is 19.3. The van der Waals surface area contributed by atoms with Gasteiger partial charge in [-0.05, 0) is 19.4 Å². The second-order valence-corrected chi connectivity index (χ2v) is 4.72. The number of nitrogens with zero attached hydrogens (tertiary/aromatic N) is 1. The fourth-order valence-electron chi connectivity index (χ4n) is 2.38. The summed E-state index contributed by atoms with van der Waals surface area (Å²) >= 11 is 0. The molecule has 2 saturated heterocycles. The molecule has 1 amide bonds. The molecule has 16 heavy (non-hydrogen) atoms. The van der Waals surface area contributed by atoms with Crippen LogP contribution in [0.5, 0.6) is 0 Å². The summed E-state index contributed by atoms with van der Waals surface area (Å²) < 4.78 is 25.9. The SMILES string of the molecule is O=C([C@H]1CCCNC1)N1CCC(F)(F)CC1. The number of likely N-dealkylation sites (tertiary alicyclic amines) is 1. The van der Waals surface area contributed by atoms with E-state index in [9.17, 15) is 13.6 Å². The molecule has 1 atom stereocenters. The van der Waals surface area contributed by atoms with Crippen molar-refractivity contribution in [3.8, 4) is 0 Å². The maximum Gasteiger partial charge on any atom is 0.251 e. The van der Waals surface area contributed by atoms with E-state index in [1.165, 1.54) is 0 Å². The number of piperidine rings is 2. The van der Waals surface area contributed by atoms with Gasteiger partial charge in [0, 0.05) is 32.5 Å². The van der Waals surface area contributed by atoms with Gasteiger partial charge in [0.05, 0.1) is 5.92 Å². The van der Waals surface area contributed by atoms with Crippen molar-refractivity contribution in [3.05, 3.63) is 0 Å². The third-order valence-corrected chi connectivity index (χ3v) is 3.45. The predicted octanol–water partition coefficient (Wildman–Crippen LogP) is 1.24. The molecule has 0 unspecified atom stereocenters. The van der Waals surface area contributed by atoms with Gasteiger partial charge in [-0.3, -0.25) is 4.79 Å². The second-order valence-electron chi connectivity index (χ2n) is 4.72. The van der Waals surface area contributed by atoms with E-state index in [4.69, 9.17) is 0 Å². The highest BCUT2D eigenvalue weighted by Crippen LogP contribution is 2.28. The first-order valence-corrected chi connectivity index (χ1v) is 5.96. The average Bonchev–Trinajstić information content (AvgIpc) is 2.29. The molecule has 0 aliphatic carbocycles. The van der Waals surface area contributed by atoms with Crippen LogP contribution in [0.15, 0.2) is 0 Å². The number of alkyl halides is 2. The van der Waals surface area contributed by atoms with Crippen molar-refractivity contribution in [1.29, 1.82) is 0 Å². The van der Waals surface area contributed by atoms with Gasteiger partial charge in [-0.2, -0.15) is 0 Å². The molecule has 2 heterocycles. The van der Waals surface area contributed by atoms with Gasteiger partial charge in [-0.1, -0.05) is 0 Å². The number of nitrogens with one attached hydrogen (secondary N) is 1. The summed E-state index contributed by atoms with van der Waals surface area (Å²) in [5.74, 6) is -2.51. The van der Waals surface area contributed by atoms with E-state index >= 15 is 0 Å². The fraction of sp³-hybridized carbons (Fsp3) is 0.909. The van der Waals surface area contributed by atoms with Crippen molar-refractivity contribution in [2.45, 2.75) is 31.6 Å². The molecule has 2 rings (SSSR count). The summed E-state index contributed by atoms with van der Waals surface area (Å²) in [4.78, 5) is 13.6. The number of hydrogen-bond donors (Lipinski definition) is 1. The van der Waals surface area contributed by atoms with E-state index in [1.807, 2.05) is 0 Å². The predicted molar refractivity (Wildman–Crippen MR) is 56.4 cm³/mol. The Bertz CT molecular complexity index is 255. The molecule has 0 bridgehead atoms. The summed E-state index contributed by atoms with van der Waals surface area (Å²) in [6, 6.07) is 0. The molecule has 2 fully saturated rings. The Hall–Kier alpha value is -0.710. The molecular weight excluding hydrogens is 214 g/mol. The molecule has 5 heteroatoms. The first-order valence-electron chi connectivity index (χ1n) is 5.96. The number of halogens is 2. The van der Waals surface area contributed by atoms with Crippen molar-refractivity contribution in [3.63, 3.8) is 0 Å². The first kappa shape index (κ1) is 11.8. The van der Waals surface area contributed by atoms with Crippen LogP contribution < -0.4 is 5.32 Å². The normalized spacial score (nSPS) is 30.1. The molecule has 2 aliphatic rings. The minimum atomic E-state index is -2.57. The number of carbonyl (C=O) groups is 1. The highest BCUT2D eigenvalue weighted by Gasteiger charge is 2.37. The van der Waals surface area contributed by atoms with Gasteiger partial charge in [0.2, 0.25) is 5.91 Å². The zero-order valence-corrected chi connectivity index (χ0v) is 9.35. The average molecular weight is 232 g/mol. The van der Waals surface area contributed by atoms with Crippen molar-refractivity contribution in [1.82, 2.24) is 10.2 Å². The minimum Gasteiger partial charge on any atom is -0.342 e. The molecule has 0 saturated carbocycles. The van der Waals surface area contributed by atoms with Crippen molar-refractivity contribution in [2.75, 3.05) is 26.2 Å². The van der Waals surface area contributed by atoms with Crippen LogP contribution in [0.25, 0.3) is 0 Å². The Balaban J connectivity index is 1.86. The Kier molecular flexibility index (Phi) is 3.42. The van der Waals surface area contributed by atoms with Gasteiger partial charge in [-0.25, -0.2) is 8.78 Å². The van der Waals surface area contributed by atoms with E-state index in [0.717, 1.165) is 19.4 Å². The molecule has 1 N–H and O–H groups in total. The number of carbonyl (C=O) groups excluding carboxylic acids is 1. The highest BCUT2D eigenvalue weighted by molar-refractivity contribution is 5.79. The molecule has 0 aromatic heterocycles. The van der Waals surface area contributed by atoms with Crippen LogP contribution in [0.3, 0.4) is 0 Å². The number of amides is 1. The summed E-state index contributed by atoms with van der Waals surface area (Å²) in [6.45, 7) is 2.08. The minimum absolute atomic E-state index is 0.000437. The van der Waals surface area contributed by atoms with E-state index in [-0.39, 0.29) is 37.8 Å². The third-order valence-electron chi connectivity index (χ3n) is 3.45. The Morgan fingerprint density at radius 1 is 1.31 bits per heavy atom. The van der Waals surface area contributed by atoms with Crippen LogP contribution in [0, 0.1) is 5.92 Å². The zero-order chi connectivity index (χ0) is 11.6. The lowest BCUT2D eigenvalue weighted by molar-refractivity contribution is -0.142. The molecule has 2 aliphatic heterocycles. The van der Waals surface area contributed by atoms with Crippen molar-refractivity contribution < 1.29 is 13.6 Å². The van der Waals surface area contributed by atoms with Gasteiger partial charge in [-0.15, -0.1) is 0 Å². The Morgan fingerprint density at radius 3 is 2.56 bits per heavy atom. The molecule has 0 aromatic carbocycles. The maximum atomic E-state index is 12.9. The van der Waals surface area contributed by atoms with E-state index in [0.29, 0.717) is 6.54 Å². The zero-order valence-electron chi connectivity index (χ0n) is 9.35. The second kappa shape index (κ2) is 4.65. The largest absolute Gasteiger partial charge is 0.342 e. The van der Waals surface area contributed by atoms with Gasteiger partial charge in [0.1, 0.15) is 0 Å². The van der Waals surface area contributed by atoms with E-state index in [2.05, 4.69) is 5.32 Å². The first-order chi connectivity index (χ1) is 7.58. The van der Waals surface area contributed by atoms with Crippen LogP contribution in [-0.2, 0) is 4.79 Å². The number of rotatable bonds is 1. The van der Waals surface area contributed by atoms with Crippen LogP contribution in [0.2, 0.25) is 0 Å². The van der Waals surface area contributed by atoms with Gasteiger partial charge in [0.25, 0.3) is 5.92 Å². The molecular formula is C11H18F2N2O. The topological polar surface area (TPSA) is 32.3 Å². The third kappa shape index (κ3) is 2.70. The lowest BCUT2D eigenvalue weighted by Crippen LogP contribution is -2.48. The summed E-state index contributed by atoms with van der Waals surface area (Å²) in [5, 5.41) is 3.18. The van der Waals surface area contributed by atoms with E-state index < -0.39 is 5.92 Å². The van der Waals surface area contributed by atoms with Crippen LogP contribution >= 0.6 is 0 Å². The molecule has 92 valence electrons. The molecule has 0 spiro atoms. The summed E-state index contributed by atoms with van der Waals surface area (Å²) in [6.07, 6.45) is 1.52. The lowest BCUT2D eigenvalue weighted by atomic mass is 9.96. The standard InChI is InChI=1S/C11H18F2N2O/c12-11(13)3-6-15(7-4-11)10(16)9-2-1-5-14-8-9/h9,14H,1-8H2/t9-/m0/s1. The quantitative estimate of drug-likeness (QED) is 0.738. The number of hydrogen-bond acceptors (Lipinski definition) is 2. The Labute approximate surface area is 94.2 Å². The van der Waals surface area contributed by atoms with E-state index in [1.54, 1.807) is 4.90 Å². The summed E-state index contributed by atoms with van der Waals surface area (Å²) in [5.41, 5.74) is 0. The van der Waals surface area contributed by atoms with Crippen molar-refractivity contribution >= 4 is 5.91 Å². The van der Waals surface area contributed by atoms with Crippen LogP contribution in [-0.4, -0.2) is 42.9 Å². The Morgan fingerprint density at radius 2 is 2.00 bits per heavy atom. The van der Waals surface area contributed by atoms with Gasteiger partial charge >= 0.3 is 0 Å². The fourth-order valence-corrected chi connectivity index (χ4v) is 2.38. The molecule has 0 aromatic rings. The van der Waals surface area contributed by atoms with Gasteiger partial charge in [0.15, 0.2) is 0 Å².